The normalized spacial score (nSPS) is 18.6. The lowest BCUT2D eigenvalue weighted by molar-refractivity contribution is 0.0812. The molecule has 2 aliphatic rings. The number of fused-ring (bicyclic) bond motifs is 2. The molecule has 22 heteroatoms. The van der Waals surface area contributed by atoms with Crippen molar-refractivity contribution >= 4 is 62.1 Å². The zero-order chi connectivity index (χ0) is 46.6. The minimum absolute atomic E-state index is 0.0161. The molecule has 0 radical (unpaired) electrons. The first-order chi connectivity index (χ1) is 31.5. The number of nitrogens with zero attached hydrogens (tertiary/aromatic N) is 11. The summed E-state index contributed by atoms with van der Waals surface area (Å²) in [4.78, 5) is 28.8. The van der Waals surface area contributed by atoms with Crippen LogP contribution in [0.25, 0.3) is 44.8 Å². The molecule has 66 heavy (non-hydrogen) atoms. The van der Waals surface area contributed by atoms with Gasteiger partial charge < -0.3 is 15.4 Å². The Morgan fingerprint density at radius 1 is 0.803 bits per heavy atom. The highest BCUT2D eigenvalue weighted by atomic mass is 32.2. The van der Waals surface area contributed by atoms with E-state index >= 15 is 0 Å². The fraction of sp³-hybridized carbons (Fsp3) is 0.545. The minimum atomic E-state index is -3.73. The van der Waals surface area contributed by atoms with Gasteiger partial charge in [0.2, 0.25) is 20.0 Å². The molecule has 8 rings (SSSR count). The maximum absolute atomic E-state index is 14.3. The number of aromatic nitrogens is 10. The standard InChI is InChI=1S/C44H62N14O5S2Si/c1-30(2)27-64(59,60)56-17-9-12-33(25-56)51-42-35(14-8-16-46-42)40-36(54-44-39(53-40)24-49-58(44)29-63-19-20-66(4,5)6)21-31(3)28-65(61,62)57-18-10-11-32(26-57)50-41-34(13-7-15-45-41)37-22-47-43-38(52-37)23-48-55-43/h7-8,13-16,22-24,30-33H,9-12,17-21,25-29H2,1-6H3,(H,45,50)(H,46,51)(H,47,48,55). The highest BCUT2D eigenvalue weighted by Gasteiger charge is 2.33. The van der Waals surface area contributed by atoms with Crippen LogP contribution in [0.1, 0.15) is 52.1 Å². The van der Waals surface area contributed by atoms with Crippen molar-refractivity contribution in [2.24, 2.45) is 11.8 Å². The van der Waals surface area contributed by atoms with Crippen LogP contribution in [-0.4, -0.2) is 140 Å². The first kappa shape index (κ1) is 47.5. The summed E-state index contributed by atoms with van der Waals surface area (Å²) in [5, 5.41) is 18.5. The third kappa shape index (κ3) is 11.6. The number of anilines is 2. The van der Waals surface area contributed by atoms with Crippen LogP contribution in [0.15, 0.2) is 55.2 Å². The van der Waals surface area contributed by atoms with Crippen molar-refractivity contribution in [2.45, 2.75) is 97.4 Å². The summed E-state index contributed by atoms with van der Waals surface area (Å²) < 4.78 is 66.1. The summed E-state index contributed by atoms with van der Waals surface area (Å²) >= 11 is 0. The van der Waals surface area contributed by atoms with Crippen molar-refractivity contribution in [3.8, 4) is 22.5 Å². The maximum atomic E-state index is 14.3. The Morgan fingerprint density at radius 3 is 2.12 bits per heavy atom. The van der Waals surface area contributed by atoms with Crippen LogP contribution in [0.2, 0.25) is 25.7 Å². The van der Waals surface area contributed by atoms with E-state index in [0.717, 1.165) is 30.9 Å². The number of rotatable bonds is 19. The van der Waals surface area contributed by atoms with Crippen LogP contribution < -0.4 is 10.6 Å². The molecule has 6 aromatic rings. The van der Waals surface area contributed by atoms with Crippen LogP contribution in [0.5, 0.6) is 0 Å². The molecule has 0 aliphatic carbocycles. The average molecular weight is 959 g/mol. The molecule has 354 valence electrons. The summed E-state index contributed by atoms with van der Waals surface area (Å²) in [5.41, 5.74) is 5.59. The van der Waals surface area contributed by atoms with Gasteiger partial charge in [0, 0.05) is 76.5 Å². The van der Waals surface area contributed by atoms with Gasteiger partial charge in [-0.3, -0.25) is 5.10 Å². The van der Waals surface area contributed by atoms with Crippen molar-refractivity contribution in [1.82, 2.24) is 58.5 Å². The third-order valence-electron chi connectivity index (χ3n) is 11.9. The lowest BCUT2D eigenvalue weighted by atomic mass is 10.0. The number of nitrogens with one attached hydrogen (secondary N) is 3. The Hall–Kier alpha value is -5.00. The Balaban J connectivity index is 1.02. The predicted octanol–water partition coefficient (Wildman–Crippen LogP) is 5.88. The summed E-state index contributed by atoms with van der Waals surface area (Å²) in [5.74, 6) is 0.815. The SMILES string of the molecule is CC(C)CS(=O)(=O)N1CCCC(Nc2ncccc2-c2nc3cnn(COCC[Si](C)(C)C)c3nc2CC(C)CS(=O)(=O)N2CCCC(Nc3ncccc3-c3cnc4[nH]ncc4n3)C2)C1. The van der Waals surface area contributed by atoms with E-state index in [-0.39, 0.29) is 48.7 Å². The molecule has 2 aliphatic heterocycles. The molecule has 2 fully saturated rings. The number of sulfonamides is 2. The van der Waals surface area contributed by atoms with Crippen molar-refractivity contribution in [3.05, 3.63) is 60.9 Å². The fourth-order valence-corrected chi connectivity index (χ4v) is 13.1. The molecule has 0 spiro atoms. The number of aromatic amines is 1. The van der Waals surface area contributed by atoms with Crippen molar-refractivity contribution < 1.29 is 21.6 Å². The predicted molar refractivity (Wildman–Crippen MR) is 259 cm³/mol. The Labute approximate surface area is 388 Å². The van der Waals surface area contributed by atoms with Crippen molar-refractivity contribution in [3.63, 3.8) is 0 Å². The van der Waals surface area contributed by atoms with Gasteiger partial charge >= 0.3 is 0 Å². The van der Waals surface area contributed by atoms with Crippen LogP contribution >= 0.6 is 0 Å². The van der Waals surface area contributed by atoms with Gasteiger partial charge in [0.25, 0.3) is 0 Å². The number of pyridine rings is 2. The smallest absolute Gasteiger partial charge is 0.214 e. The zero-order valence-corrected chi connectivity index (χ0v) is 41.3. The van der Waals surface area contributed by atoms with Gasteiger partial charge in [0.05, 0.1) is 47.2 Å². The molecule has 0 aromatic carbocycles. The topological polar surface area (TPSA) is 232 Å². The lowest BCUT2D eigenvalue weighted by Crippen LogP contribution is -2.46. The number of hydrogen-bond donors (Lipinski definition) is 3. The van der Waals surface area contributed by atoms with E-state index in [9.17, 15) is 16.8 Å². The van der Waals surface area contributed by atoms with E-state index in [1.165, 1.54) is 0 Å². The second-order valence-corrected chi connectivity index (χ2v) is 29.0. The molecule has 0 bridgehead atoms. The second kappa shape index (κ2) is 20.1. The van der Waals surface area contributed by atoms with Gasteiger partial charge in [-0.25, -0.2) is 51.4 Å². The highest BCUT2D eigenvalue weighted by molar-refractivity contribution is 7.89. The number of H-pyrrole nitrogens is 1. The van der Waals surface area contributed by atoms with E-state index in [0.29, 0.717) is 95.7 Å². The Bertz CT molecular complexity index is 2850. The third-order valence-corrected chi connectivity index (χ3v) is 17.9. The molecule has 0 saturated carbocycles. The van der Waals surface area contributed by atoms with E-state index in [1.807, 2.05) is 45.0 Å². The molecule has 3 N–H and O–H groups in total. The summed E-state index contributed by atoms with van der Waals surface area (Å²) in [6.45, 7) is 15.0. The largest absolute Gasteiger partial charge is 0.365 e. The number of piperidine rings is 2. The molecule has 8 heterocycles. The fourth-order valence-electron chi connectivity index (χ4n) is 8.61. The summed E-state index contributed by atoms with van der Waals surface area (Å²) in [6, 6.07) is 8.16. The number of ether oxygens (including phenoxy) is 1. The molecule has 6 aromatic heterocycles. The Morgan fingerprint density at radius 2 is 1.45 bits per heavy atom. The molecule has 19 nitrogen and oxygen atoms in total. The van der Waals surface area contributed by atoms with Crippen LogP contribution in [0.3, 0.4) is 0 Å². The average Bonchev–Trinajstić information content (AvgIpc) is 3.91. The van der Waals surface area contributed by atoms with E-state index in [1.54, 1.807) is 44.3 Å². The van der Waals surface area contributed by atoms with Crippen LogP contribution in [0, 0.1) is 11.8 Å². The van der Waals surface area contributed by atoms with Gasteiger partial charge in [0.1, 0.15) is 29.4 Å². The molecule has 3 atom stereocenters. The molecular formula is C44H62N14O5S2Si. The Kier molecular flexibility index (Phi) is 14.4. The van der Waals surface area contributed by atoms with E-state index < -0.39 is 28.1 Å². The molecule has 2 saturated heterocycles. The molecule has 3 unspecified atom stereocenters. The van der Waals surface area contributed by atoms with E-state index in [2.05, 4.69) is 55.5 Å². The van der Waals surface area contributed by atoms with Gasteiger partial charge in [-0.15, -0.1) is 0 Å². The zero-order valence-electron chi connectivity index (χ0n) is 38.7. The number of hydrogen-bond acceptors (Lipinski definition) is 15. The van der Waals surface area contributed by atoms with Crippen LogP contribution in [0.4, 0.5) is 11.6 Å². The summed E-state index contributed by atoms with van der Waals surface area (Å²) in [6.07, 6.45) is 11.6. The maximum Gasteiger partial charge on any atom is 0.214 e. The lowest BCUT2D eigenvalue weighted by Gasteiger charge is -2.33. The van der Waals surface area contributed by atoms with Gasteiger partial charge in [-0.05, 0) is 74.2 Å². The van der Waals surface area contributed by atoms with Gasteiger partial charge in [-0.2, -0.15) is 18.8 Å². The molecule has 0 amide bonds. The highest BCUT2D eigenvalue weighted by Crippen LogP contribution is 2.33. The minimum Gasteiger partial charge on any atom is -0.365 e. The van der Waals surface area contributed by atoms with Crippen molar-refractivity contribution in [2.75, 3.05) is 54.9 Å². The first-order valence-corrected chi connectivity index (χ1v) is 29.8. The van der Waals surface area contributed by atoms with Crippen molar-refractivity contribution in [1.29, 1.82) is 0 Å². The van der Waals surface area contributed by atoms with Crippen LogP contribution in [-0.2, 0) is 37.9 Å². The monoisotopic (exact) mass is 958 g/mol. The summed E-state index contributed by atoms with van der Waals surface area (Å²) in [7, 11) is -8.46. The second-order valence-electron chi connectivity index (χ2n) is 19.3. The van der Waals surface area contributed by atoms with E-state index in [4.69, 9.17) is 24.7 Å². The van der Waals surface area contributed by atoms with Gasteiger partial charge in [-0.1, -0.05) is 40.4 Å². The quantitative estimate of drug-likeness (QED) is 0.0636. The van der Waals surface area contributed by atoms with Gasteiger partial charge in [0.15, 0.2) is 11.3 Å². The molecular weight excluding hydrogens is 897 g/mol. The first-order valence-electron chi connectivity index (χ1n) is 22.9.